The predicted octanol–water partition coefficient (Wildman–Crippen LogP) is 18.6. The second-order valence-corrected chi connectivity index (χ2v) is 19.7. The lowest BCUT2D eigenvalue weighted by atomic mass is 10.0. The van der Waals surface area contributed by atoms with Crippen LogP contribution in [0.25, 0.3) is 165 Å². The first kappa shape index (κ1) is 40.8. The van der Waals surface area contributed by atoms with Crippen molar-refractivity contribution in [2.75, 3.05) is 0 Å². The smallest absolute Gasteiger partial charge is 0.145 e. The topological polar surface area (TPSA) is 110 Å². The van der Waals surface area contributed by atoms with Crippen LogP contribution >= 0.6 is 0 Å². The number of nitrogens with zero attached hydrogens (tertiary/aromatic N) is 4. The fourth-order valence-corrected chi connectivity index (χ4v) is 12.4. The van der Waals surface area contributed by atoms with E-state index in [1.807, 2.05) is 78.9 Å². The van der Waals surface area contributed by atoms with E-state index in [4.69, 9.17) is 17.7 Å². The molecule has 0 aliphatic rings. The van der Waals surface area contributed by atoms with Crippen LogP contribution in [0.5, 0.6) is 0 Å². The molecular weight excluding hydrogens is 937 g/mol. The van der Waals surface area contributed by atoms with Crippen molar-refractivity contribution in [2.24, 2.45) is 0 Å². The zero-order valence-electron chi connectivity index (χ0n) is 40.1. The molecule has 0 radical (unpaired) electrons. The van der Waals surface area contributed by atoms with Gasteiger partial charge in [-0.05, 0) is 131 Å². The molecule has 0 fully saturated rings. The molecule has 0 spiro atoms. The third kappa shape index (κ3) is 5.48. The van der Waals surface area contributed by atoms with Gasteiger partial charge in [0.2, 0.25) is 0 Å². The molecule has 0 aliphatic carbocycles. The van der Waals surface area contributed by atoms with E-state index in [-0.39, 0.29) is 0 Å². The van der Waals surface area contributed by atoms with Crippen LogP contribution in [0.3, 0.4) is 0 Å². The van der Waals surface area contributed by atoms with Gasteiger partial charge in [0, 0.05) is 53.9 Å². The Labute approximate surface area is 429 Å². The third-order valence-corrected chi connectivity index (χ3v) is 15.8. The lowest BCUT2D eigenvalue weighted by molar-refractivity contribution is 0.668. The van der Waals surface area contributed by atoms with Gasteiger partial charge >= 0.3 is 0 Å². The van der Waals surface area contributed by atoms with Crippen molar-refractivity contribution in [1.29, 1.82) is 10.5 Å². The molecule has 0 saturated heterocycles. The minimum atomic E-state index is 0.340. The molecule has 0 unspecified atom stereocenters. The van der Waals surface area contributed by atoms with Gasteiger partial charge in [-0.3, -0.25) is 0 Å². The van der Waals surface area contributed by atoms with Gasteiger partial charge in [0.25, 0.3) is 0 Å². The summed E-state index contributed by atoms with van der Waals surface area (Å²) < 4.78 is 30.9. The van der Waals surface area contributed by atoms with Crippen molar-refractivity contribution in [3.05, 3.63) is 217 Å². The summed E-state index contributed by atoms with van der Waals surface area (Å²) in [4.78, 5) is 0. The highest BCUT2D eigenvalue weighted by atomic mass is 16.3. The van der Waals surface area contributed by atoms with E-state index >= 15 is 0 Å². The lowest BCUT2D eigenvalue weighted by Gasteiger charge is -2.19. The van der Waals surface area contributed by atoms with Crippen LogP contribution in [0.15, 0.2) is 224 Å². The molecule has 17 rings (SSSR count). The Hall–Kier alpha value is -10.8. The molecule has 8 heteroatoms. The molecule has 0 atom stereocenters. The zero-order valence-corrected chi connectivity index (χ0v) is 40.1. The van der Waals surface area contributed by atoms with Crippen LogP contribution in [0, 0.1) is 22.7 Å². The number of furan rings is 4. The van der Waals surface area contributed by atoms with Gasteiger partial charge in [0.05, 0.1) is 61.4 Å². The second-order valence-electron chi connectivity index (χ2n) is 19.7. The number of hydrogen-bond donors (Lipinski definition) is 0. The Morgan fingerprint density at radius 2 is 0.697 bits per heavy atom. The number of fused-ring (bicyclic) bond motifs is 20. The largest absolute Gasteiger partial charge is 0.456 e. The highest BCUT2D eigenvalue weighted by Crippen LogP contribution is 2.47. The Kier molecular flexibility index (Phi) is 7.99. The number of aromatic nitrogens is 2. The molecule has 0 saturated carbocycles. The SMILES string of the molecule is N#Cc1cc(C#N)c(-n2c3ccc(-c4ccc5c(c4)oc4ccccc45)cc3c3c4oc5ccccc5c4ccc32)c(-n2c3ccc(-c4ccc5c(c4)oc4ccccc45)cc3c3c4oc5ccccc5c4ccc32)c1. The molecule has 0 amide bonds. The van der Waals surface area contributed by atoms with Crippen LogP contribution in [0.4, 0.5) is 0 Å². The average Bonchev–Trinajstić information content (AvgIpc) is 4.52. The first-order valence-corrected chi connectivity index (χ1v) is 25.2. The van der Waals surface area contributed by atoms with Crippen molar-refractivity contribution in [2.45, 2.75) is 0 Å². The normalized spacial score (nSPS) is 12.2. The van der Waals surface area contributed by atoms with E-state index in [1.54, 1.807) is 6.07 Å². The lowest BCUT2D eigenvalue weighted by Crippen LogP contribution is -2.07. The summed E-state index contributed by atoms with van der Waals surface area (Å²) in [6, 6.07) is 75.4. The third-order valence-electron chi connectivity index (χ3n) is 15.8. The summed E-state index contributed by atoms with van der Waals surface area (Å²) in [7, 11) is 0. The van der Waals surface area contributed by atoms with Crippen molar-refractivity contribution < 1.29 is 17.7 Å². The summed E-state index contributed by atoms with van der Waals surface area (Å²) in [6.45, 7) is 0. The van der Waals surface area contributed by atoms with Gasteiger partial charge in [0.15, 0.2) is 0 Å². The maximum Gasteiger partial charge on any atom is 0.145 e. The van der Waals surface area contributed by atoms with E-state index in [0.29, 0.717) is 22.5 Å². The number of rotatable bonds is 4. The Morgan fingerprint density at radius 1 is 0.303 bits per heavy atom. The molecule has 17 aromatic rings. The minimum Gasteiger partial charge on any atom is -0.456 e. The van der Waals surface area contributed by atoms with Crippen LogP contribution in [-0.2, 0) is 0 Å². The standard InChI is InChI=1S/C68H34N4O4/c69-35-37-29-42(36-70)66(72-54-26-20-39(41-18-22-48-44-10-2-6-14-59(44)74-63(48)34-41)32-52(54)65-56(72)28-24-50-46-12-4-8-16-61(46)76-68(50)65)57(30-37)71-53-25-19-38(40-17-21-47-43-9-1-5-13-58(43)73-62(47)33-40)31-51(53)64-55(71)27-23-49-45-11-3-7-15-60(45)75-67(49)64/h1-34H. The molecule has 8 nitrogen and oxygen atoms in total. The van der Waals surface area contributed by atoms with E-state index in [2.05, 4.69) is 143 Å². The van der Waals surface area contributed by atoms with Crippen LogP contribution in [-0.4, -0.2) is 9.13 Å². The second kappa shape index (κ2) is 14.9. The van der Waals surface area contributed by atoms with Crippen molar-refractivity contribution in [3.8, 4) is 45.8 Å². The molecule has 0 bridgehead atoms. The highest BCUT2D eigenvalue weighted by molar-refractivity contribution is 6.26. The van der Waals surface area contributed by atoms with Crippen molar-refractivity contribution in [3.63, 3.8) is 0 Å². The molecule has 6 heterocycles. The summed E-state index contributed by atoms with van der Waals surface area (Å²) in [5, 5.41) is 34.2. The first-order chi connectivity index (χ1) is 37.6. The molecule has 76 heavy (non-hydrogen) atoms. The summed E-state index contributed by atoms with van der Waals surface area (Å²) in [5.41, 5.74) is 15.8. The quantitative estimate of drug-likeness (QED) is 0.174. The molecule has 0 aliphatic heterocycles. The fraction of sp³-hybridized carbons (Fsp3) is 0. The van der Waals surface area contributed by atoms with Crippen molar-refractivity contribution >= 4 is 131 Å². The summed E-state index contributed by atoms with van der Waals surface area (Å²) in [5.74, 6) is 0. The Morgan fingerprint density at radius 3 is 1.20 bits per heavy atom. The number of hydrogen-bond acceptors (Lipinski definition) is 6. The molecule has 0 N–H and O–H groups in total. The van der Waals surface area contributed by atoms with Gasteiger partial charge in [-0.15, -0.1) is 0 Å². The predicted molar refractivity (Wildman–Crippen MR) is 305 cm³/mol. The highest BCUT2D eigenvalue weighted by Gasteiger charge is 2.27. The minimum absolute atomic E-state index is 0.340. The van der Waals surface area contributed by atoms with Crippen LogP contribution in [0.1, 0.15) is 11.1 Å². The number of nitriles is 2. The molecule has 350 valence electrons. The van der Waals surface area contributed by atoms with E-state index < -0.39 is 0 Å². The van der Waals surface area contributed by atoms with Gasteiger partial charge in [-0.2, -0.15) is 10.5 Å². The first-order valence-electron chi connectivity index (χ1n) is 25.2. The maximum absolute atomic E-state index is 11.4. The fourth-order valence-electron chi connectivity index (χ4n) is 12.4. The number of para-hydroxylation sites is 4. The van der Waals surface area contributed by atoms with E-state index in [1.165, 1.54) is 0 Å². The van der Waals surface area contributed by atoms with Crippen molar-refractivity contribution in [1.82, 2.24) is 9.13 Å². The monoisotopic (exact) mass is 970 g/mol. The Balaban J connectivity index is 0.968. The van der Waals surface area contributed by atoms with Gasteiger partial charge < -0.3 is 26.8 Å². The summed E-state index contributed by atoms with van der Waals surface area (Å²) >= 11 is 0. The maximum atomic E-state index is 11.4. The van der Waals surface area contributed by atoms with E-state index in [0.717, 1.165) is 154 Å². The number of benzene rings is 11. The summed E-state index contributed by atoms with van der Waals surface area (Å²) in [6.07, 6.45) is 0. The van der Waals surface area contributed by atoms with Crippen LogP contribution in [0.2, 0.25) is 0 Å². The van der Waals surface area contributed by atoms with Crippen LogP contribution < -0.4 is 0 Å². The van der Waals surface area contributed by atoms with Gasteiger partial charge in [0.1, 0.15) is 50.7 Å². The Bertz CT molecular complexity index is 5520. The van der Waals surface area contributed by atoms with Gasteiger partial charge in [-0.25, -0.2) is 0 Å². The molecular formula is C68H34N4O4. The zero-order chi connectivity index (χ0) is 49.9. The van der Waals surface area contributed by atoms with E-state index in [9.17, 15) is 10.5 Å². The molecule has 11 aromatic carbocycles. The average molecular weight is 971 g/mol. The molecule has 6 aromatic heterocycles. The van der Waals surface area contributed by atoms with Gasteiger partial charge in [-0.1, -0.05) is 97.1 Å².